The van der Waals surface area contributed by atoms with E-state index < -0.39 is 0 Å². The first kappa shape index (κ1) is 36.1. The van der Waals surface area contributed by atoms with Crippen molar-refractivity contribution < 1.29 is 5.11 Å². The molecule has 0 fully saturated rings. The topological polar surface area (TPSA) is 20.2 Å². The molecule has 1 N–H and O–H groups in total. The number of aliphatic hydroxyl groups is 1. The van der Waals surface area contributed by atoms with Crippen LogP contribution in [0.5, 0.6) is 0 Å². The van der Waals surface area contributed by atoms with Gasteiger partial charge in [0.1, 0.15) is 0 Å². The Hall–Kier alpha value is -2.90. The number of aliphatic hydroxyl groups excluding tert-OH is 1. The summed E-state index contributed by atoms with van der Waals surface area (Å²) in [6.45, 7) is 21.8. The fourth-order valence-corrected chi connectivity index (χ4v) is 5.03. The van der Waals surface area contributed by atoms with E-state index in [1.165, 1.54) is 39.0 Å². The van der Waals surface area contributed by atoms with Crippen LogP contribution in [0.2, 0.25) is 0 Å². The molecule has 0 bridgehead atoms. The van der Waals surface area contributed by atoms with E-state index >= 15 is 0 Å². The summed E-state index contributed by atoms with van der Waals surface area (Å²) in [7, 11) is 0. The fourth-order valence-electron chi connectivity index (χ4n) is 5.03. The molecule has 1 aliphatic carbocycles. The SMILES string of the molecule is CC(C)=CCCC(C)=CCCC(C)=CC=CC(C)=CC=CC=C(C)C=CC=C(C)C=CC1C(C)=CC(O)CC1(C)C. The van der Waals surface area contributed by atoms with Crippen molar-refractivity contribution in [2.24, 2.45) is 11.3 Å². The zero-order valence-corrected chi connectivity index (χ0v) is 27.8. The lowest BCUT2D eigenvalue weighted by atomic mass is 9.67. The average Bonchev–Trinajstić information content (AvgIpc) is 2.85. The van der Waals surface area contributed by atoms with Gasteiger partial charge in [-0.1, -0.05) is 144 Å². The highest BCUT2D eigenvalue weighted by atomic mass is 16.3. The summed E-state index contributed by atoms with van der Waals surface area (Å²) in [6, 6.07) is 0. The van der Waals surface area contributed by atoms with Gasteiger partial charge in [0.2, 0.25) is 0 Å². The Labute approximate surface area is 253 Å². The molecule has 1 nitrogen and oxygen atoms in total. The molecule has 0 radical (unpaired) electrons. The van der Waals surface area contributed by atoms with Crippen molar-refractivity contribution in [2.45, 2.75) is 107 Å². The molecule has 224 valence electrons. The quantitative estimate of drug-likeness (QED) is 0.167. The predicted octanol–water partition coefficient (Wildman–Crippen LogP) is 11.8. The average molecular weight is 555 g/mol. The molecule has 0 aromatic carbocycles. The Morgan fingerprint density at radius 1 is 0.732 bits per heavy atom. The summed E-state index contributed by atoms with van der Waals surface area (Å²) >= 11 is 0. The van der Waals surface area contributed by atoms with Gasteiger partial charge in [-0.25, -0.2) is 0 Å². The van der Waals surface area contributed by atoms with E-state index in [2.05, 4.69) is 154 Å². The van der Waals surface area contributed by atoms with E-state index in [9.17, 15) is 5.11 Å². The van der Waals surface area contributed by atoms with Gasteiger partial charge in [0, 0.05) is 5.92 Å². The normalized spacial score (nSPS) is 21.5. The first-order valence-corrected chi connectivity index (χ1v) is 15.3. The van der Waals surface area contributed by atoms with Gasteiger partial charge in [-0.3, -0.25) is 0 Å². The van der Waals surface area contributed by atoms with Gasteiger partial charge >= 0.3 is 0 Å². The van der Waals surface area contributed by atoms with Crippen LogP contribution in [-0.4, -0.2) is 11.2 Å². The molecule has 2 atom stereocenters. The van der Waals surface area contributed by atoms with Gasteiger partial charge in [-0.05, 0) is 92.9 Å². The van der Waals surface area contributed by atoms with Gasteiger partial charge < -0.3 is 5.11 Å². The molecule has 0 aromatic heterocycles. The molecular formula is C40H58O. The van der Waals surface area contributed by atoms with Gasteiger partial charge in [-0.2, -0.15) is 0 Å². The summed E-state index contributed by atoms with van der Waals surface area (Å²) < 4.78 is 0. The Balaban J connectivity index is 2.54. The Morgan fingerprint density at radius 2 is 1.24 bits per heavy atom. The first-order chi connectivity index (χ1) is 19.3. The standard InChI is InChI=1S/C40H58O/c1-31(2)17-13-20-34(5)23-15-25-35(6)24-14-21-32(3)18-11-12-19-33(4)22-16-26-36(7)27-28-39-37(8)29-38(41)30-40(39,9)10/h11-12,14,16-19,21-24,26-29,38-39,41H,13,15,20,25,30H2,1-10H3. The molecule has 1 aliphatic rings. The van der Waals surface area contributed by atoms with E-state index in [0.29, 0.717) is 5.92 Å². The number of hydrogen-bond donors (Lipinski definition) is 1. The number of rotatable bonds is 14. The van der Waals surface area contributed by atoms with Crippen molar-refractivity contribution in [1.29, 1.82) is 0 Å². The van der Waals surface area contributed by atoms with Crippen LogP contribution in [0, 0.1) is 11.3 Å². The molecule has 0 heterocycles. The second kappa shape index (κ2) is 19.3. The van der Waals surface area contributed by atoms with E-state index in [1.54, 1.807) is 0 Å². The predicted molar refractivity (Wildman–Crippen MR) is 185 cm³/mol. The maximum atomic E-state index is 10.1. The van der Waals surface area contributed by atoms with E-state index in [4.69, 9.17) is 0 Å². The van der Waals surface area contributed by atoms with Crippen molar-refractivity contribution in [1.82, 2.24) is 0 Å². The first-order valence-electron chi connectivity index (χ1n) is 15.3. The third-order valence-electron chi connectivity index (χ3n) is 7.48. The van der Waals surface area contributed by atoms with Gasteiger partial charge in [0.25, 0.3) is 0 Å². The third kappa shape index (κ3) is 16.8. The van der Waals surface area contributed by atoms with Crippen LogP contribution < -0.4 is 0 Å². The summed E-state index contributed by atoms with van der Waals surface area (Å²) in [4.78, 5) is 0. The Kier molecular flexibility index (Phi) is 17.0. The van der Waals surface area contributed by atoms with Crippen LogP contribution in [0.15, 0.2) is 130 Å². The third-order valence-corrected chi connectivity index (χ3v) is 7.48. The molecule has 1 rings (SSSR count). The Morgan fingerprint density at radius 3 is 1.83 bits per heavy atom. The van der Waals surface area contributed by atoms with Gasteiger partial charge in [0.05, 0.1) is 6.10 Å². The summed E-state index contributed by atoms with van der Waals surface area (Å²) in [5.41, 5.74) is 9.28. The molecule has 2 unspecified atom stereocenters. The molecular weight excluding hydrogens is 496 g/mol. The Bertz CT molecular complexity index is 1160. The maximum absolute atomic E-state index is 10.1. The molecule has 0 amide bonds. The zero-order chi connectivity index (χ0) is 30.8. The highest BCUT2D eigenvalue weighted by molar-refractivity contribution is 5.32. The lowest BCUT2D eigenvalue weighted by Crippen LogP contribution is -2.32. The lowest BCUT2D eigenvalue weighted by Gasteiger charge is -2.38. The van der Waals surface area contributed by atoms with E-state index in [0.717, 1.165) is 32.1 Å². The minimum absolute atomic E-state index is 0.0662. The minimum Gasteiger partial charge on any atom is -0.389 e. The molecule has 0 spiro atoms. The highest BCUT2D eigenvalue weighted by Gasteiger charge is 2.34. The van der Waals surface area contributed by atoms with Crippen LogP contribution in [0.4, 0.5) is 0 Å². The molecule has 0 aromatic rings. The van der Waals surface area contributed by atoms with Crippen molar-refractivity contribution in [3.05, 3.63) is 130 Å². The molecule has 0 saturated heterocycles. The monoisotopic (exact) mass is 554 g/mol. The number of hydrogen-bond acceptors (Lipinski definition) is 1. The van der Waals surface area contributed by atoms with Crippen LogP contribution in [-0.2, 0) is 0 Å². The largest absolute Gasteiger partial charge is 0.389 e. The van der Waals surface area contributed by atoms with Crippen molar-refractivity contribution in [3.8, 4) is 0 Å². The highest BCUT2D eigenvalue weighted by Crippen LogP contribution is 2.41. The van der Waals surface area contributed by atoms with Crippen LogP contribution in [0.25, 0.3) is 0 Å². The minimum atomic E-state index is -0.324. The van der Waals surface area contributed by atoms with Crippen LogP contribution in [0.1, 0.15) is 101 Å². The van der Waals surface area contributed by atoms with Crippen molar-refractivity contribution in [3.63, 3.8) is 0 Å². The summed E-state index contributed by atoms with van der Waals surface area (Å²) in [6.07, 6.45) is 37.6. The van der Waals surface area contributed by atoms with Crippen molar-refractivity contribution in [2.75, 3.05) is 0 Å². The fraction of sp³-hybridized carbons (Fsp3) is 0.450. The number of allylic oxidation sites excluding steroid dienone is 21. The summed E-state index contributed by atoms with van der Waals surface area (Å²) in [5.74, 6) is 0.357. The zero-order valence-electron chi connectivity index (χ0n) is 27.8. The van der Waals surface area contributed by atoms with Crippen LogP contribution in [0.3, 0.4) is 0 Å². The second-order valence-electron chi connectivity index (χ2n) is 12.8. The molecule has 41 heavy (non-hydrogen) atoms. The second-order valence-corrected chi connectivity index (χ2v) is 12.8. The van der Waals surface area contributed by atoms with Gasteiger partial charge in [0.15, 0.2) is 0 Å². The van der Waals surface area contributed by atoms with Gasteiger partial charge in [-0.15, -0.1) is 0 Å². The maximum Gasteiger partial charge on any atom is 0.0729 e. The molecule has 0 saturated carbocycles. The van der Waals surface area contributed by atoms with Crippen molar-refractivity contribution >= 4 is 0 Å². The van der Waals surface area contributed by atoms with E-state index in [-0.39, 0.29) is 11.5 Å². The molecule has 0 aliphatic heterocycles. The van der Waals surface area contributed by atoms with Crippen LogP contribution >= 0.6 is 0 Å². The lowest BCUT2D eigenvalue weighted by molar-refractivity contribution is 0.117. The molecule has 1 heteroatoms. The smallest absolute Gasteiger partial charge is 0.0729 e. The summed E-state index contributed by atoms with van der Waals surface area (Å²) in [5, 5.41) is 10.1. The van der Waals surface area contributed by atoms with E-state index in [1.807, 2.05) is 6.08 Å².